The molecule has 1 saturated heterocycles. The number of ether oxygens (including phenoxy) is 2. The van der Waals surface area contributed by atoms with E-state index in [1.807, 2.05) is 7.05 Å². The van der Waals surface area contributed by atoms with Crippen LogP contribution in [0.15, 0.2) is 35.7 Å². The van der Waals surface area contributed by atoms with E-state index in [1.165, 1.54) is 27.7 Å². The molecule has 49 heavy (non-hydrogen) atoms. The van der Waals surface area contributed by atoms with Crippen LogP contribution in [0.5, 0.6) is 0 Å². The van der Waals surface area contributed by atoms with Crippen molar-refractivity contribution in [3.8, 4) is 11.8 Å². The average molecular weight is 709 g/mol. The molecule has 4 N–H and O–H groups in total. The number of piperidine rings is 1. The first kappa shape index (κ1) is 37.2. The van der Waals surface area contributed by atoms with Gasteiger partial charge in [-0.25, -0.2) is 19.4 Å². The summed E-state index contributed by atoms with van der Waals surface area (Å²) in [6.07, 6.45) is 4.00. The number of pyridine rings is 1. The maximum absolute atomic E-state index is 13.6. The highest BCUT2D eigenvalue weighted by atomic mass is 32.2. The summed E-state index contributed by atoms with van der Waals surface area (Å²) >= 11 is -0.320. The minimum absolute atomic E-state index is 0.0301. The molecule has 4 rings (SSSR count). The lowest BCUT2D eigenvalue weighted by molar-refractivity contribution is -0.0330. The Bertz CT molecular complexity index is 1690. The summed E-state index contributed by atoms with van der Waals surface area (Å²) < 4.78 is 54.1. The third-order valence-electron chi connectivity index (χ3n) is 7.24. The van der Waals surface area contributed by atoms with E-state index in [0.717, 1.165) is 13.0 Å². The van der Waals surface area contributed by atoms with E-state index in [2.05, 4.69) is 42.8 Å². The van der Waals surface area contributed by atoms with E-state index in [4.69, 9.17) is 14.6 Å². The van der Waals surface area contributed by atoms with E-state index in [-0.39, 0.29) is 71.9 Å². The summed E-state index contributed by atoms with van der Waals surface area (Å²) in [5.41, 5.74) is -4.57. The predicted molar refractivity (Wildman–Crippen MR) is 174 cm³/mol. The van der Waals surface area contributed by atoms with Crippen molar-refractivity contribution >= 4 is 41.3 Å². The van der Waals surface area contributed by atoms with Gasteiger partial charge in [0.05, 0.1) is 37.1 Å². The first-order valence-corrected chi connectivity index (χ1v) is 16.2. The molecule has 0 aromatic carbocycles. The Morgan fingerprint density at radius 2 is 1.96 bits per heavy atom. The molecule has 0 radical (unpaired) electrons. The Kier molecular flexibility index (Phi) is 12.3. The molecule has 0 bridgehead atoms. The molecule has 2 amide bonds. The van der Waals surface area contributed by atoms with Gasteiger partial charge in [0.15, 0.2) is 5.65 Å². The van der Waals surface area contributed by atoms with Crippen molar-refractivity contribution in [1.82, 2.24) is 34.7 Å². The van der Waals surface area contributed by atoms with Crippen molar-refractivity contribution in [1.29, 1.82) is 0 Å². The minimum atomic E-state index is -4.60. The number of nitrogens with zero attached hydrogens (tertiary/aromatic N) is 5. The summed E-state index contributed by atoms with van der Waals surface area (Å²) in [7, 11) is 1.99. The van der Waals surface area contributed by atoms with Crippen molar-refractivity contribution in [3.63, 3.8) is 0 Å². The van der Waals surface area contributed by atoms with Crippen LogP contribution in [-0.2, 0) is 16.0 Å². The molecule has 3 aromatic heterocycles. The van der Waals surface area contributed by atoms with E-state index in [9.17, 15) is 27.6 Å². The molecular formula is C31H39F3N8O6S. The second-order valence-electron chi connectivity index (χ2n) is 12.3. The number of alkyl carbamates (subject to hydrolysis) is 2. The Morgan fingerprint density at radius 3 is 2.65 bits per heavy atom. The number of imidazole rings is 1. The molecular weight excluding hydrogens is 669 g/mol. The SMILES string of the molecule is CN1CC[C@H](Nc2cccn3c(SC(F)(F)F)c(C#CCNC(=O)OC(C)(C)C)nc23)[C@@H](CCOC(=O)NCCn2cc(C(=O)O)cn2)C1. The fraction of sp³-hybridized carbons (Fsp3) is 0.516. The molecule has 3 aromatic rings. The quantitative estimate of drug-likeness (QED) is 0.166. The van der Waals surface area contributed by atoms with Gasteiger partial charge in [0.2, 0.25) is 0 Å². The van der Waals surface area contributed by atoms with Crippen molar-refractivity contribution in [3.05, 3.63) is 42.0 Å². The number of rotatable bonds is 11. The molecule has 2 atom stereocenters. The number of nitrogens with one attached hydrogen (secondary N) is 3. The topological polar surface area (TPSA) is 164 Å². The van der Waals surface area contributed by atoms with Gasteiger partial charge < -0.3 is 35.4 Å². The largest absolute Gasteiger partial charge is 0.478 e. The molecule has 266 valence electrons. The third-order valence-corrected chi connectivity index (χ3v) is 8.05. The van der Waals surface area contributed by atoms with Crippen molar-refractivity contribution in [2.24, 2.45) is 5.92 Å². The zero-order chi connectivity index (χ0) is 35.8. The van der Waals surface area contributed by atoms with Gasteiger partial charge >= 0.3 is 23.7 Å². The van der Waals surface area contributed by atoms with Crippen LogP contribution >= 0.6 is 11.8 Å². The molecule has 0 aliphatic carbocycles. The molecule has 0 unspecified atom stereocenters. The van der Waals surface area contributed by atoms with Crippen LogP contribution in [-0.4, -0.2) is 104 Å². The third kappa shape index (κ3) is 11.5. The maximum Gasteiger partial charge on any atom is 0.447 e. The number of hydrogen-bond acceptors (Lipinski definition) is 10. The highest BCUT2D eigenvalue weighted by Gasteiger charge is 2.34. The number of thioether (sulfide) groups is 1. The van der Waals surface area contributed by atoms with Gasteiger partial charge in [-0.05, 0) is 71.2 Å². The Balaban J connectivity index is 1.40. The summed E-state index contributed by atoms with van der Waals surface area (Å²) in [5, 5.41) is 21.3. The zero-order valence-corrected chi connectivity index (χ0v) is 28.3. The monoisotopic (exact) mass is 708 g/mol. The van der Waals surface area contributed by atoms with Gasteiger partial charge in [0.25, 0.3) is 0 Å². The van der Waals surface area contributed by atoms with E-state index >= 15 is 0 Å². The van der Waals surface area contributed by atoms with E-state index < -0.39 is 29.3 Å². The number of alkyl halides is 3. The number of hydrogen-bond donors (Lipinski definition) is 4. The number of likely N-dealkylation sites (tertiary alicyclic amines) is 1. The fourth-order valence-corrected chi connectivity index (χ4v) is 5.78. The van der Waals surface area contributed by atoms with Gasteiger partial charge in [-0.15, -0.1) is 0 Å². The van der Waals surface area contributed by atoms with Gasteiger partial charge in [0, 0.05) is 43.3 Å². The van der Waals surface area contributed by atoms with Gasteiger partial charge in [-0.2, -0.15) is 18.3 Å². The lowest BCUT2D eigenvalue weighted by atomic mass is 9.89. The number of carbonyl (C=O) groups is 3. The highest BCUT2D eigenvalue weighted by Crippen LogP contribution is 2.39. The molecule has 1 aliphatic heterocycles. The second-order valence-corrected chi connectivity index (χ2v) is 13.4. The van der Waals surface area contributed by atoms with Crippen LogP contribution < -0.4 is 16.0 Å². The lowest BCUT2D eigenvalue weighted by Crippen LogP contribution is -2.45. The van der Waals surface area contributed by atoms with Crippen molar-refractivity contribution < 1.29 is 42.1 Å². The lowest BCUT2D eigenvalue weighted by Gasteiger charge is -2.37. The van der Waals surface area contributed by atoms with Gasteiger partial charge in [-0.1, -0.05) is 5.92 Å². The summed E-state index contributed by atoms with van der Waals surface area (Å²) in [6, 6.07) is 3.27. The van der Waals surface area contributed by atoms with E-state index in [1.54, 1.807) is 32.9 Å². The van der Waals surface area contributed by atoms with Crippen LogP contribution in [0.1, 0.15) is 49.7 Å². The Morgan fingerprint density at radius 1 is 1.18 bits per heavy atom. The van der Waals surface area contributed by atoms with Crippen LogP contribution in [0.25, 0.3) is 5.65 Å². The number of aromatic nitrogens is 4. The first-order chi connectivity index (χ1) is 23.1. The molecule has 0 spiro atoms. The Labute approximate surface area is 285 Å². The van der Waals surface area contributed by atoms with Crippen LogP contribution in [0.3, 0.4) is 0 Å². The number of amides is 2. The maximum atomic E-state index is 13.6. The number of carboxylic acid groups (broad SMARTS) is 1. The molecule has 14 nitrogen and oxygen atoms in total. The number of anilines is 1. The first-order valence-electron chi connectivity index (χ1n) is 15.4. The number of carbonyl (C=O) groups excluding carboxylic acids is 2. The Hall–Kier alpha value is -4.63. The molecule has 18 heteroatoms. The number of halogens is 3. The van der Waals surface area contributed by atoms with Crippen LogP contribution in [0, 0.1) is 17.8 Å². The van der Waals surface area contributed by atoms with E-state index in [0.29, 0.717) is 18.7 Å². The minimum Gasteiger partial charge on any atom is -0.478 e. The highest BCUT2D eigenvalue weighted by molar-refractivity contribution is 8.00. The standard InChI is InChI=1S/C31H39F3N8O6S/c1-30(2,3)48-29(46)35-11-5-7-24-26(49-31(32,33)34)42-13-6-8-23(25(42)39-24)38-22-9-14-40(4)18-20(22)10-16-47-28(45)36-12-15-41-19-21(17-37-41)27(43)44/h6,8,13,17,19-20,22,38H,9-12,14-16,18H2,1-4H3,(H,35,46)(H,36,45)(H,43,44)/t20-,22-/m0/s1. The summed E-state index contributed by atoms with van der Waals surface area (Å²) in [5.74, 6) is 4.27. The fourth-order valence-electron chi connectivity index (χ4n) is 5.12. The smallest absolute Gasteiger partial charge is 0.447 e. The van der Waals surface area contributed by atoms with Crippen LogP contribution in [0.2, 0.25) is 0 Å². The second kappa shape index (κ2) is 16.2. The predicted octanol–water partition coefficient (Wildman–Crippen LogP) is 4.27. The molecule has 1 aliphatic rings. The van der Waals surface area contributed by atoms with Gasteiger partial charge in [0.1, 0.15) is 16.3 Å². The molecule has 1 fully saturated rings. The van der Waals surface area contributed by atoms with Crippen LogP contribution in [0.4, 0.5) is 28.4 Å². The number of carboxylic acids is 1. The summed E-state index contributed by atoms with van der Waals surface area (Å²) in [6.45, 7) is 7.02. The number of fused-ring (bicyclic) bond motifs is 1. The molecule has 4 heterocycles. The van der Waals surface area contributed by atoms with Crippen molar-refractivity contribution in [2.75, 3.05) is 45.2 Å². The molecule has 0 saturated carbocycles. The number of aromatic carboxylic acids is 1. The van der Waals surface area contributed by atoms with Gasteiger partial charge in [-0.3, -0.25) is 9.08 Å². The normalized spacial score (nSPS) is 16.8. The zero-order valence-electron chi connectivity index (χ0n) is 27.5. The average Bonchev–Trinajstić information content (AvgIpc) is 3.61. The van der Waals surface area contributed by atoms with Crippen molar-refractivity contribution in [2.45, 2.75) is 62.3 Å². The summed E-state index contributed by atoms with van der Waals surface area (Å²) in [4.78, 5) is 41.8.